The van der Waals surface area contributed by atoms with E-state index in [0.29, 0.717) is 11.3 Å². The summed E-state index contributed by atoms with van der Waals surface area (Å²) in [5, 5.41) is 0. The van der Waals surface area contributed by atoms with Gasteiger partial charge in [-0.05, 0) is 44.2 Å². The average molecular weight is 397 g/mol. The number of carbonyl (C=O) groups is 1. The molecule has 2 aromatic rings. The van der Waals surface area contributed by atoms with Crippen LogP contribution >= 0.6 is 0 Å². The van der Waals surface area contributed by atoms with Crippen LogP contribution in [-0.2, 0) is 0 Å². The predicted molar refractivity (Wildman–Crippen MR) is 78.1 cm³/mol. The smallest absolute Gasteiger partial charge is 0.358 e. The van der Waals surface area contributed by atoms with Crippen LogP contribution in [0.2, 0.25) is 0 Å². The van der Waals surface area contributed by atoms with Crippen LogP contribution in [0.5, 0.6) is 11.5 Å². The van der Waals surface area contributed by atoms with Crippen molar-refractivity contribution < 1.29 is 35.5 Å². The molecule has 110 valence electrons. The number of halogens is 1. The minimum atomic E-state index is -0.313. The van der Waals surface area contributed by atoms with Gasteiger partial charge in [0.05, 0.1) is 19.8 Å². The summed E-state index contributed by atoms with van der Waals surface area (Å²) in [5.41, 5.74) is 1.79. The zero-order chi connectivity index (χ0) is 15.4. The molecule has 0 N–H and O–H groups in total. The molecule has 0 radical (unpaired) electrons. The van der Waals surface area contributed by atoms with Gasteiger partial charge in [0.25, 0.3) is 0 Å². The minimum Gasteiger partial charge on any atom is -0.497 e. The van der Waals surface area contributed by atoms with E-state index in [-0.39, 0.29) is 27.0 Å². The maximum absolute atomic E-state index is 11.6. The van der Waals surface area contributed by atoms with E-state index in [1.165, 1.54) is 7.14 Å². The Balaban J connectivity index is 2.32. The molecule has 0 heterocycles. The predicted octanol–water partition coefficient (Wildman–Crippen LogP) is 0.343. The molecule has 2 rings (SSSR count). The normalized spacial score (nSPS) is 10.3. The Hall–Kier alpha value is -1.56. The van der Waals surface area contributed by atoms with Crippen molar-refractivity contribution in [2.75, 3.05) is 14.2 Å². The first-order chi connectivity index (χ1) is 10.0. The number of aryl methyl sites for hydroxylation is 1. The lowest BCUT2D eigenvalue weighted by Gasteiger charge is -2.06. The monoisotopic (exact) mass is 397 g/mol. The first-order valence-electron chi connectivity index (χ1n) is 6.53. The number of hydrogen-bond acceptors (Lipinski definition) is 3. The van der Waals surface area contributed by atoms with Crippen molar-refractivity contribution in [3.05, 3.63) is 54.7 Å². The Labute approximate surface area is 135 Å². The second-order valence-electron chi connectivity index (χ2n) is 4.61. The Bertz CT molecular complexity index is 648. The third kappa shape index (κ3) is 3.75. The largest absolute Gasteiger partial charge is 0.497 e. The van der Waals surface area contributed by atoms with Gasteiger partial charge < -0.3 is 9.47 Å². The molecule has 21 heavy (non-hydrogen) atoms. The highest BCUT2D eigenvalue weighted by Gasteiger charge is 2.22. The van der Waals surface area contributed by atoms with Crippen molar-refractivity contribution in [1.82, 2.24) is 0 Å². The Morgan fingerprint density at radius 1 is 1.05 bits per heavy atom. The summed E-state index contributed by atoms with van der Waals surface area (Å²) in [6.07, 6.45) is 0. The van der Waals surface area contributed by atoms with Crippen molar-refractivity contribution in [1.29, 1.82) is 0 Å². The zero-order valence-corrected chi connectivity index (χ0v) is 14.7. The standard InChI is InChI=1S/C17H18IO3/c1-11-9-15(12(2)19)17(21-4)10-16(11)18-13-5-7-14(20-3)8-6-13/h5-10H,1-4H3/q+1. The van der Waals surface area contributed by atoms with Crippen LogP contribution in [-0.4, -0.2) is 20.0 Å². The molecule has 0 aliphatic carbocycles. The molecule has 0 amide bonds. The van der Waals surface area contributed by atoms with Gasteiger partial charge in [0.1, 0.15) is 11.5 Å². The van der Waals surface area contributed by atoms with Gasteiger partial charge in [-0.25, -0.2) is 0 Å². The van der Waals surface area contributed by atoms with Crippen molar-refractivity contribution in [2.24, 2.45) is 0 Å². The average Bonchev–Trinajstić information content (AvgIpc) is 2.49. The van der Waals surface area contributed by atoms with Crippen LogP contribution in [0.1, 0.15) is 22.8 Å². The number of methoxy groups -OCH3 is 2. The Morgan fingerprint density at radius 2 is 1.71 bits per heavy atom. The number of ether oxygens (including phenoxy) is 2. The highest BCUT2D eigenvalue weighted by Crippen LogP contribution is 2.20. The lowest BCUT2D eigenvalue weighted by atomic mass is 10.1. The first kappa shape index (κ1) is 15.8. The molecule has 0 aliphatic rings. The second-order valence-corrected chi connectivity index (χ2v) is 7.56. The summed E-state index contributed by atoms with van der Waals surface area (Å²) in [6, 6.07) is 12.1. The third-order valence-corrected chi connectivity index (χ3v) is 6.21. The molecule has 4 heteroatoms. The van der Waals surface area contributed by atoms with E-state index in [1.54, 1.807) is 21.1 Å². The van der Waals surface area contributed by atoms with E-state index < -0.39 is 0 Å². The van der Waals surface area contributed by atoms with Crippen molar-refractivity contribution in [3.63, 3.8) is 0 Å². The topological polar surface area (TPSA) is 35.5 Å². The maximum atomic E-state index is 11.6. The lowest BCUT2D eigenvalue weighted by Crippen LogP contribution is -3.61. The van der Waals surface area contributed by atoms with E-state index in [1.807, 2.05) is 31.2 Å². The van der Waals surface area contributed by atoms with Crippen molar-refractivity contribution in [3.8, 4) is 11.5 Å². The van der Waals surface area contributed by atoms with Crippen molar-refractivity contribution in [2.45, 2.75) is 13.8 Å². The molecule has 0 aromatic heterocycles. The SMILES string of the molecule is COc1ccc([I+]c2cc(OC)c(C(C)=O)cc2C)cc1. The van der Waals surface area contributed by atoms with Gasteiger partial charge in [-0.3, -0.25) is 4.79 Å². The van der Waals surface area contributed by atoms with Crippen LogP contribution in [0.3, 0.4) is 0 Å². The molecular weight excluding hydrogens is 379 g/mol. The van der Waals surface area contributed by atoms with Gasteiger partial charge in [-0.15, -0.1) is 0 Å². The molecule has 3 nitrogen and oxygen atoms in total. The maximum Gasteiger partial charge on any atom is 0.358 e. The molecule has 2 aromatic carbocycles. The number of benzene rings is 2. The summed E-state index contributed by atoms with van der Waals surface area (Å²) >= 11 is -0.313. The molecular formula is C17H18IO3+. The van der Waals surface area contributed by atoms with Crippen LogP contribution in [0.25, 0.3) is 0 Å². The summed E-state index contributed by atoms with van der Waals surface area (Å²) in [7, 11) is 3.27. The second kappa shape index (κ2) is 6.93. The van der Waals surface area contributed by atoms with E-state index in [0.717, 1.165) is 11.3 Å². The third-order valence-electron chi connectivity index (χ3n) is 3.12. The molecule has 0 saturated heterocycles. The molecule has 0 bridgehead atoms. The van der Waals surface area contributed by atoms with E-state index in [2.05, 4.69) is 12.1 Å². The summed E-state index contributed by atoms with van der Waals surface area (Å²) in [4.78, 5) is 11.6. The molecule has 0 unspecified atom stereocenters. The molecule has 0 saturated carbocycles. The van der Waals surface area contributed by atoms with E-state index >= 15 is 0 Å². The van der Waals surface area contributed by atoms with E-state index in [4.69, 9.17) is 9.47 Å². The van der Waals surface area contributed by atoms with Gasteiger partial charge in [0, 0.05) is 11.6 Å². The highest BCUT2D eigenvalue weighted by molar-refractivity contribution is 5.96. The fourth-order valence-corrected chi connectivity index (χ4v) is 4.37. The molecule has 0 spiro atoms. The van der Waals surface area contributed by atoms with Crippen LogP contribution in [0.15, 0.2) is 36.4 Å². The number of Topliss-reactive ketones (excluding diaryl/α,β-unsaturated/α-hetero) is 1. The molecule has 0 fully saturated rings. The highest BCUT2D eigenvalue weighted by atomic mass is 127. The fraction of sp³-hybridized carbons (Fsp3) is 0.235. The lowest BCUT2D eigenvalue weighted by molar-refractivity contribution is -0.598. The molecule has 0 atom stereocenters. The van der Waals surface area contributed by atoms with Crippen LogP contribution in [0.4, 0.5) is 0 Å². The summed E-state index contributed by atoms with van der Waals surface area (Å²) < 4.78 is 13.1. The van der Waals surface area contributed by atoms with Gasteiger partial charge in [-0.2, -0.15) is 0 Å². The van der Waals surface area contributed by atoms with Crippen molar-refractivity contribution >= 4 is 5.78 Å². The zero-order valence-electron chi connectivity index (χ0n) is 12.6. The Kier molecular flexibility index (Phi) is 5.22. The number of carbonyl (C=O) groups excluding carboxylic acids is 1. The van der Waals surface area contributed by atoms with Crippen LogP contribution in [0, 0.1) is 14.1 Å². The fourth-order valence-electron chi connectivity index (χ4n) is 1.96. The van der Waals surface area contributed by atoms with Gasteiger partial charge >= 0.3 is 21.2 Å². The summed E-state index contributed by atoms with van der Waals surface area (Å²) in [6.45, 7) is 3.61. The van der Waals surface area contributed by atoms with Crippen LogP contribution < -0.4 is 30.7 Å². The number of ketones is 1. The first-order valence-corrected chi connectivity index (χ1v) is 8.69. The van der Waals surface area contributed by atoms with Gasteiger partial charge in [0.15, 0.2) is 9.35 Å². The summed E-state index contributed by atoms with van der Waals surface area (Å²) in [5.74, 6) is 1.56. The molecule has 0 aliphatic heterocycles. The quantitative estimate of drug-likeness (QED) is 0.540. The number of rotatable bonds is 5. The Morgan fingerprint density at radius 3 is 2.24 bits per heavy atom. The van der Waals surface area contributed by atoms with Gasteiger partial charge in [-0.1, -0.05) is 0 Å². The van der Waals surface area contributed by atoms with E-state index in [9.17, 15) is 4.79 Å². The minimum absolute atomic E-state index is 0.0316. The van der Waals surface area contributed by atoms with Gasteiger partial charge in [0.2, 0.25) is 3.57 Å². The number of hydrogen-bond donors (Lipinski definition) is 0.